The van der Waals surface area contributed by atoms with Crippen molar-refractivity contribution in [3.8, 4) is 0 Å². The molecular weight excluding hydrogens is 278 g/mol. The van der Waals surface area contributed by atoms with Crippen molar-refractivity contribution in [1.29, 1.82) is 0 Å². The van der Waals surface area contributed by atoms with E-state index in [1.165, 1.54) is 0 Å². The van der Waals surface area contributed by atoms with Crippen molar-refractivity contribution < 1.29 is 9.59 Å². The molecule has 2 amide bonds. The van der Waals surface area contributed by atoms with Crippen molar-refractivity contribution in [3.05, 3.63) is 54.2 Å². The predicted octanol–water partition coefficient (Wildman–Crippen LogP) is 2.35. The van der Waals surface area contributed by atoms with E-state index in [0.717, 1.165) is 23.7 Å². The summed E-state index contributed by atoms with van der Waals surface area (Å²) >= 11 is 0. The Kier molecular flexibility index (Phi) is 4.14. The van der Waals surface area contributed by atoms with Gasteiger partial charge in [0.2, 0.25) is 5.91 Å². The molecule has 0 spiro atoms. The number of pyridine rings is 1. The second-order valence-electron chi connectivity index (χ2n) is 5.36. The molecular formula is C17H17N3O2. The van der Waals surface area contributed by atoms with Gasteiger partial charge in [-0.3, -0.25) is 20.4 Å². The Morgan fingerprint density at radius 2 is 2.00 bits per heavy atom. The molecule has 0 aliphatic heterocycles. The van der Waals surface area contributed by atoms with Crippen LogP contribution in [0.25, 0.3) is 10.9 Å². The molecule has 2 aromatic rings. The molecule has 112 valence electrons. The number of carbonyl (C=O) groups is 2. The molecule has 1 heterocycles. The van der Waals surface area contributed by atoms with Crippen LogP contribution in [0.5, 0.6) is 0 Å². The van der Waals surface area contributed by atoms with Crippen molar-refractivity contribution in [2.75, 3.05) is 0 Å². The number of hydrogen-bond donors (Lipinski definition) is 2. The van der Waals surface area contributed by atoms with Gasteiger partial charge in [0.1, 0.15) is 5.69 Å². The zero-order chi connectivity index (χ0) is 15.4. The van der Waals surface area contributed by atoms with Gasteiger partial charge in [-0.05, 0) is 30.9 Å². The minimum atomic E-state index is -0.416. The summed E-state index contributed by atoms with van der Waals surface area (Å²) in [5.74, 6) is -0.331. The van der Waals surface area contributed by atoms with Gasteiger partial charge in [-0.2, -0.15) is 0 Å². The van der Waals surface area contributed by atoms with Crippen LogP contribution in [0.4, 0.5) is 0 Å². The number of carbonyl (C=O) groups excluding carboxylic acids is 2. The van der Waals surface area contributed by atoms with Crippen LogP contribution in [0.15, 0.2) is 48.6 Å². The van der Waals surface area contributed by atoms with Crippen LogP contribution >= 0.6 is 0 Å². The van der Waals surface area contributed by atoms with E-state index in [4.69, 9.17) is 0 Å². The summed E-state index contributed by atoms with van der Waals surface area (Å²) in [6, 6.07) is 11.0. The smallest absolute Gasteiger partial charge is 0.273 e. The highest BCUT2D eigenvalue weighted by Crippen LogP contribution is 2.19. The SMILES string of the molecule is O=C(CC1C=CCC1)NNC(=O)c1ccc2ccccc2n1. The number of fused-ring (bicyclic) bond motifs is 1. The molecule has 0 fully saturated rings. The Morgan fingerprint density at radius 3 is 2.82 bits per heavy atom. The zero-order valence-electron chi connectivity index (χ0n) is 12.1. The molecule has 22 heavy (non-hydrogen) atoms. The second kappa shape index (κ2) is 6.39. The lowest BCUT2D eigenvalue weighted by Gasteiger charge is -2.10. The number of para-hydroxylation sites is 1. The minimum absolute atomic E-state index is 0.189. The standard InChI is InChI=1S/C17H17N3O2/c21-16(11-12-5-1-2-6-12)19-20-17(22)15-10-9-13-7-3-4-8-14(13)18-15/h1,3-5,7-10,12H,2,6,11H2,(H,19,21)(H,20,22). The molecule has 1 aliphatic rings. The highest BCUT2D eigenvalue weighted by atomic mass is 16.2. The first-order valence-electron chi connectivity index (χ1n) is 7.34. The van der Waals surface area contributed by atoms with E-state index in [1.807, 2.05) is 36.4 Å². The average molecular weight is 295 g/mol. The third-order valence-corrected chi connectivity index (χ3v) is 3.71. The number of benzene rings is 1. The molecule has 0 saturated carbocycles. The van der Waals surface area contributed by atoms with Crippen LogP contribution < -0.4 is 10.9 Å². The quantitative estimate of drug-likeness (QED) is 0.674. The summed E-state index contributed by atoms with van der Waals surface area (Å²) in [5.41, 5.74) is 5.88. The first-order chi connectivity index (χ1) is 10.7. The van der Waals surface area contributed by atoms with E-state index in [-0.39, 0.29) is 17.5 Å². The number of hydrazine groups is 1. The topological polar surface area (TPSA) is 71.1 Å². The Balaban J connectivity index is 1.58. The Hall–Kier alpha value is -2.69. The van der Waals surface area contributed by atoms with Crippen molar-refractivity contribution in [2.24, 2.45) is 5.92 Å². The van der Waals surface area contributed by atoms with Gasteiger partial charge < -0.3 is 0 Å². The number of amides is 2. The third-order valence-electron chi connectivity index (χ3n) is 3.71. The van der Waals surface area contributed by atoms with Gasteiger partial charge >= 0.3 is 0 Å². The van der Waals surface area contributed by atoms with E-state index >= 15 is 0 Å². The summed E-state index contributed by atoms with van der Waals surface area (Å²) < 4.78 is 0. The highest BCUT2D eigenvalue weighted by molar-refractivity contribution is 5.95. The van der Waals surface area contributed by atoms with E-state index in [1.54, 1.807) is 6.07 Å². The largest absolute Gasteiger partial charge is 0.288 e. The average Bonchev–Trinajstić information content (AvgIpc) is 3.05. The number of nitrogens with one attached hydrogen (secondary N) is 2. The Morgan fingerprint density at radius 1 is 1.14 bits per heavy atom. The van der Waals surface area contributed by atoms with Crippen LogP contribution in [0.3, 0.4) is 0 Å². The number of aromatic nitrogens is 1. The van der Waals surface area contributed by atoms with Gasteiger partial charge in [-0.15, -0.1) is 0 Å². The zero-order valence-corrected chi connectivity index (χ0v) is 12.1. The Labute approximate surface area is 128 Å². The predicted molar refractivity (Wildman–Crippen MR) is 83.8 cm³/mol. The van der Waals surface area contributed by atoms with E-state index < -0.39 is 5.91 Å². The molecule has 1 unspecified atom stereocenters. The van der Waals surface area contributed by atoms with Crippen LogP contribution in [0.2, 0.25) is 0 Å². The van der Waals surface area contributed by atoms with Crippen molar-refractivity contribution in [3.63, 3.8) is 0 Å². The maximum absolute atomic E-state index is 12.0. The van der Waals surface area contributed by atoms with Crippen molar-refractivity contribution >= 4 is 22.7 Å². The van der Waals surface area contributed by atoms with Gasteiger partial charge in [0.15, 0.2) is 0 Å². The minimum Gasteiger partial charge on any atom is -0.273 e. The maximum Gasteiger partial charge on any atom is 0.288 e. The summed E-state index contributed by atoms with van der Waals surface area (Å²) in [6.45, 7) is 0. The Bertz CT molecular complexity index is 740. The van der Waals surface area contributed by atoms with Crippen molar-refractivity contribution in [1.82, 2.24) is 15.8 Å². The number of rotatable bonds is 3. The number of allylic oxidation sites excluding steroid dienone is 2. The molecule has 1 aromatic heterocycles. The fraction of sp³-hybridized carbons (Fsp3) is 0.235. The summed E-state index contributed by atoms with van der Waals surface area (Å²) in [7, 11) is 0. The lowest BCUT2D eigenvalue weighted by Crippen LogP contribution is -2.42. The highest BCUT2D eigenvalue weighted by Gasteiger charge is 2.15. The molecule has 1 atom stereocenters. The van der Waals surface area contributed by atoms with E-state index in [9.17, 15) is 9.59 Å². The molecule has 0 radical (unpaired) electrons. The van der Waals surface area contributed by atoms with Gasteiger partial charge in [0, 0.05) is 11.8 Å². The van der Waals surface area contributed by atoms with E-state index in [0.29, 0.717) is 6.42 Å². The first kappa shape index (κ1) is 14.3. The summed E-state index contributed by atoms with van der Waals surface area (Å²) in [5, 5.41) is 0.969. The summed E-state index contributed by atoms with van der Waals surface area (Å²) in [6.07, 6.45) is 6.53. The molecule has 1 aliphatic carbocycles. The number of nitrogens with zero attached hydrogens (tertiary/aromatic N) is 1. The molecule has 1 aromatic carbocycles. The van der Waals surface area contributed by atoms with Crippen molar-refractivity contribution in [2.45, 2.75) is 19.3 Å². The van der Waals surface area contributed by atoms with Crippen LogP contribution in [0.1, 0.15) is 29.8 Å². The van der Waals surface area contributed by atoms with Crippen LogP contribution in [0, 0.1) is 5.92 Å². The van der Waals surface area contributed by atoms with Crippen LogP contribution in [-0.2, 0) is 4.79 Å². The fourth-order valence-corrected chi connectivity index (χ4v) is 2.54. The lowest BCUT2D eigenvalue weighted by atomic mass is 10.1. The van der Waals surface area contributed by atoms with Gasteiger partial charge in [-0.1, -0.05) is 36.4 Å². The maximum atomic E-state index is 12.0. The molecule has 3 rings (SSSR count). The monoisotopic (exact) mass is 295 g/mol. The molecule has 0 bridgehead atoms. The van der Waals surface area contributed by atoms with Gasteiger partial charge in [0.05, 0.1) is 5.52 Å². The molecule has 5 heteroatoms. The molecule has 2 N–H and O–H groups in total. The first-order valence-corrected chi connectivity index (χ1v) is 7.34. The third kappa shape index (κ3) is 3.31. The second-order valence-corrected chi connectivity index (χ2v) is 5.36. The lowest BCUT2D eigenvalue weighted by molar-refractivity contribution is -0.122. The normalized spacial score (nSPS) is 16.6. The van der Waals surface area contributed by atoms with Crippen LogP contribution in [-0.4, -0.2) is 16.8 Å². The van der Waals surface area contributed by atoms with Gasteiger partial charge in [0.25, 0.3) is 5.91 Å². The fourth-order valence-electron chi connectivity index (χ4n) is 2.54. The van der Waals surface area contributed by atoms with Gasteiger partial charge in [-0.25, -0.2) is 4.98 Å². The number of hydrogen-bond acceptors (Lipinski definition) is 3. The van der Waals surface area contributed by atoms with E-state index in [2.05, 4.69) is 21.9 Å². The molecule has 0 saturated heterocycles. The summed E-state index contributed by atoms with van der Waals surface area (Å²) in [4.78, 5) is 28.1. The molecule has 5 nitrogen and oxygen atoms in total.